The molecule has 1 saturated heterocycles. The number of alkyl halides is 3. The van der Waals surface area contributed by atoms with E-state index in [1.807, 2.05) is 0 Å². The van der Waals surface area contributed by atoms with Crippen LogP contribution >= 0.6 is 11.6 Å². The van der Waals surface area contributed by atoms with E-state index in [0.717, 1.165) is 13.3 Å². The van der Waals surface area contributed by atoms with Crippen LogP contribution in [0.1, 0.15) is 47.4 Å². The lowest BCUT2D eigenvalue weighted by molar-refractivity contribution is -0.158. The molecule has 15 heteroatoms. The van der Waals surface area contributed by atoms with Gasteiger partial charge in [0.2, 0.25) is 0 Å². The summed E-state index contributed by atoms with van der Waals surface area (Å²) in [6.45, 7) is 0.261. The fraction of sp³-hybridized carbons (Fsp3) is 0.412. The second kappa shape index (κ2) is 17.5. The van der Waals surface area contributed by atoms with Crippen LogP contribution in [-0.2, 0) is 36.6 Å². The van der Waals surface area contributed by atoms with Crippen LogP contribution in [0.4, 0.5) is 26.7 Å². The Kier molecular flexibility index (Phi) is 13.5. The number of carbonyl (C=O) groups excluding carboxylic acids is 3. The lowest BCUT2D eigenvalue weighted by atomic mass is 9.82. The van der Waals surface area contributed by atoms with Gasteiger partial charge in [0.15, 0.2) is 5.78 Å². The first kappa shape index (κ1) is 37.7. The average Bonchev–Trinajstić information content (AvgIpc) is 3.06. The van der Waals surface area contributed by atoms with Gasteiger partial charge in [0.25, 0.3) is 0 Å². The Labute approximate surface area is 284 Å². The summed E-state index contributed by atoms with van der Waals surface area (Å²) >= 11 is 6.09. The van der Waals surface area contributed by atoms with E-state index in [-0.39, 0.29) is 37.7 Å². The Morgan fingerprint density at radius 1 is 1.10 bits per heavy atom. The van der Waals surface area contributed by atoms with Crippen molar-refractivity contribution in [2.24, 2.45) is 0 Å². The highest BCUT2D eigenvalue weighted by Gasteiger charge is 2.34. The number of amides is 1. The number of nitrogens with zero attached hydrogens (tertiary/aromatic N) is 1. The zero-order valence-corrected chi connectivity index (χ0v) is 27.2. The standard InChI is InChI=1S/C34H35ClF5N3O6/c1-47-33(46)43-32(31(20-5-7-23(35)8-6-20)22-13-24(36)16-41-15-22)29(44)14-21-3-2-4-28(37)27(21)10-9-26-17-42-25(18-48-26)19-49-30(45)11-12-34(38,39)40/h2-8,13,15-16,25-26,31-32,42H,9-12,14,17-19H2,1H3,(H,43,46)/t25-,26+,31-,32+/m0/s1. The number of hydrogen-bond acceptors (Lipinski definition) is 8. The first-order chi connectivity index (χ1) is 23.3. The molecule has 0 aliphatic carbocycles. The third-order valence-electron chi connectivity index (χ3n) is 7.98. The summed E-state index contributed by atoms with van der Waals surface area (Å²) in [5.41, 5.74) is 1.48. The summed E-state index contributed by atoms with van der Waals surface area (Å²) in [6, 6.07) is 10.3. The molecule has 3 aromatic rings. The molecule has 0 saturated carbocycles. The molecular formula is C34H35ClF5N3O6. The fourth-order valence-electron chi connectivity index (χ4n) is 5.50. The zero-order valence-electron chi connectivity index (χ0n) is 26.4. The molecule has 0 unspecified atom stereocenters. The number of rotatable bonds is 14. The summed E-state index contributed by atoms with van der Waals surface area (Å²) in [6.07, 6.45) is -5.13. The summed E-state index contributed by atoms with van der Waals surface area (Å²) < 4.78 is 82.1. The van der Waals surface area contributed by atoms with Crippen molar-refractivity contribution in [1.29, 1.82) is 0 Å². The van der Waals surface area contributed by atoms with Crippen molar-refractivity contribution in [3.8, 4) is 0 Å². The van der Waals surface area contributed by atoms with Gasteiger partial charge in [0, 0.05) is 30.1 Å². The van der Waals surface area contributed by atoms with Gasteiger partial charge in [0.1, 0.15) is 24.3 Å². The van der Waals surface area contributed by atoms with Gasteiger partial charge in [-0.25, -0.2) is 13.6 Å². The maximum atomic E-state index is 15.2. The SMILES string of the molecule is COC(=O)N[C@H](C(=O)Cc1cccc(F)c1CC[C@@H]1CN[C@H](COC(=O)CCC(F)(F)F)CO1)[C@@H](c1ccc(Cl)cc1)c1cncc(F)c1. The maximum Gasteiger partial charge on any atom is 0.407 e. The summed E-state index contributed by atoms with van der Waals surface area (Å²) in [5.74, 6) is -3.58. The molecule has 0 bridgehead atoms. The Morgan fingerprint density at radius 2 is 1.86 bits per heavy atom. The van der Waals surface area contributed by atoms with Crippen LogP contribution in [0.3, 0.4) is 0 Å². The number of pyridine rings is 1. The van der Waals surface area contributed by atoms with Crippen LogP contribution < -0.4 is 10.6 Å². The van der Waals surface area contributed by atoms with Gasteiger partial charge in [-0.3, -0.25) is 14.6 Å². The van der Waals surface area contributed by atoms with Gasteiger partial charge in [-0.15, -0.1) is 0 Å². The van der Waals surface area contributed by atoms with Crippen LogP contribution in [0.25, 0.3) is 0 Å². The molecular weight excluding hydrogens is 677 g/mol. The quantitative estimate of drug-likeness (QED) is 0.158. The Hall–Kier alpha value is -4.14. The number of ketones is 1. The number of alkyl carbamates (subject to hydrolysis) is 1. The number of nitrogens with one attached hydrogen (secondary N) is 2. The second-order valence-electron chi connectivity index (χ2n) is 11.5. The molecule has 264 valence electrons. The van der Waals surface area contributed by atoms with E-state index >= 15 is 4.39 Å². The highest BCUT2D eigenvalue weighted by molar-refractivity contribution is 6.30. The minimum atomic E-state index is -4.45. The predicted molar refractivity (Wildman–Crippen MR) is 168 cm³/mol. The molecule has 0 radical (unpaired) electrons. The Balaban J connectivity index is 1.45. The van der Waals surface area contributed by atoms with E-state index in [0.29, 0.717) is 34.7 Å². The number of esters is 1. The largest absolute Gasteiger partial charge is 0.464 e. The number of carbonyl (C=O) groups is 3. The van der Waals surface area contributed by atoms with Crippen molar-refractivity contribution >= 4 is 29.4 Å². The summed E-state index contributed by atoms with van der Waals surface area (Å²) in [5, 5.41) is 6.11. The van der Waals surface area contributed by atoms with Crippen LogP contribution in [0.5, 0.6) is 0 Å². The number of Topliss-reactive ketones (excluding diaryl/α,β-unsaturated/α-hetero) is 1. The first-order valence-corrected chi connectivity index (χ1v) is 15.8. The smallest absolute Gasteiger partial charge is 0.407 e. The first-order valence-electron chi connectivity index (χ1n) is 15.4. The minimum absolute atomic E-state index is 0.113. The Bertz CT molecular complexity index is 1590. The van der Waals surface area contributed by atoms with Gasteiger partial charge in [0.05, 0.1) is 44.9 Å². The molecule has 2 N–H and O–H groups in total. The van der Waals surface area contributed by atoms with Gasteiger partial charge in [-0.1, -0.05) is 35.9 Å². The normalized spacial score (nSPS) is 17.5. The van der Waals surface area contributed by atoms with Crippen LogP contribution in [0, 0.1) is 11.6 Å². The van der Waals surface area contributed by atoms with Crippen molar-refractivity contribution in [3.63, 3.8) is 0 Å². The number of methoxy groups -OCH3 is 1. The number of aromatic nitrogens is 1. The van der Waals surface area contributed by atoms with Crippen molar-refractivity contribution in [3.05, 3.63) is 99.8 Å². The predicted octanol–water partition coefficient (Wildman–Crippen LogP) is 5.86. The third-order valence-corrected chi connectivity index (χ3v) is 8.23. The van der Waals surface area contributed by atoms with E-state index in [9.17, 15) is 31.9 Å². The third kappa shape index (κ3) is 11.5. The minimum Gasteiger partial charge on any atom is -0.464 e. The average molecular weight is 712 g/mol. The van der Waals surface area contributed by atoms with Crippen molar-refractivity contribution in [1.82, 2.24) is 15.6 Å². The van der Waals surface area contributed by atoms with Gasteiger partial charge >= 0.3 is 18.2 Å². The number of benzene rings is 2. The molecule has 49 heavy (non-hydrogen) atoms. The van der Waals surface area contributed by atoms with E-state index in [4.69, 9.17) is 25.8 Å². The molecule has 2 aromatic carbocycles. The van der Waals surface area contributed by atoms with E-state index < -0.39 is 66.5 Å². The van der Waals surface area contributed by atoms with Crippen LogP contribution in [-0.4, -0.2) is 74.1 Å². The van der Waals surface area contributed by atoms with E-state index in [1.54, 1.807) is 30.3 Å². The fourth-order valence-corrected chi connectivity index (χ4v) is 5.63. The monoisotopic (exact) mass is 711 g/mol. The van der Waals surface area contributed by atoms with Gasteiger partial charge in [-0.05, 0) is 59.4 Å². The van der Waals surface area contributed by atoms with E-state index in [1.165, 1.54) is 24.4 Å². The lowest BCUT2D eigenvalue weighted by Crippen LogP contribution is -2.49. The molecule has 2 heterocycles. The zero-order chi connectivity index (χ0) is 35.6. The lowest BCUT2D eigenvalue weighted by Gasteiger charge is -2.30. The topological polar surface area (TPSA) is 116 Å². The van der Waals surface area contributed by atoms with Crippen molar-refractivity contribution in [2.45, 2.75) is 62.4 Å². The molecule has 1 amide bonds. The molecule has 1 aliphatic rings. The molecule has 0 spiro atoms. The highest BCUT2D eigenvalue weighted by atomic mass is 35.5. The molecule has 4 rings (SSSR count). The van der Waals surface area contributed by atoms with Crippen molar-refractivity contribution < 1.29 is 50.5 Å². The number of morpholine rings is 1. The number of halogens is 6. The number of ether oxygens (including phenoxy) is 3. The van der Waals surface area contributed by atoms with Crippen LogP contribution in [0.2, 0.25) is 5.02 Å². The molecule has 1 fully saturated rings. The van der Waals surface area contributed by atoms with Gasteiger partial charge in [-0.2, -0.15) is 13.2 Å². The van der Waals surface area contributed by atoms with Crippen LogP contribution in [0.15, 0.2) is 60.9 Å². The van der Waals surface area contributed by atoms with Gasteiger partial charge < -0.3 is 24.8 Å². The molecule has 1 aliphatic heterocycles. The second-order valence-corrected chi connectivity index (χ2v) is 11.9. The summed E-state index contributed by atoms with van der Waals surface area (Å²) in [7, 11) is 1.14. The molecule has 4 atom stereocenters. The number of hydrogen-bond donors (Lipinski definition) is 2. The Morgan fingerprint density at radius 3 is 2.51 bits per heavy atom. The van der Waals surface area contributed by atoms with Crippen molar-refractivity contribution in [2.75, 3.05) is 26.9 Å². The van der Waals surface area contributed by atoms with E-state index in [2.05, 4.69) is 15.6 Å². The summed E-state index contributed by atoms with van der Waals surface area (Å²) in [4.78, 5) is 42.1. The highest BCUT2D eigenvalue weighted by Crippen LogP contribution is 2.31. The molecule has 9 nitrogen and oxygen atoms in total. The molecule has 1 aromatic heterocycles. The maximum absolute atomic E-state index is 15.2.